The fourth-order valence-corrected chi connectivity index (χ4v) is 6.81. The number of aliphatic imine (C=N–C) groups is 1. The van der Waals surface area contributed by atoms with Crippen LogP contribution in [0, 0.1) is 0 Å². The molecule has 0 aromatic rings. The Morgan fingerprint density at radius 2 is 1.94 bits per heavy atom. The molecule has 0 amide bonds. The van der Waals surface area contributed by atoms with E-state index in [4.69, 9.17) is 4.99 Å². The maximum atomic E-state index is 4.70. The van der Waals surface area contributed by atoms with Crippen molar-refractivity contribution in [1.82, 2.24) is 0 Å². The summed E-state index contributed by atoms with van der Waals surface area (Å²) in [5.41, 5.74) is 4.91. The average Bonchev–Trinajstić information content (AvgIpc) is 2.23. The van der Waals surface area contributed by atoms with E-state index in [0.29, 0.717) is 5.54 Å². The van der Waals surface area contributed by atoms with Gasteiger partial charge in [0, 0.05) is 0 Å². The molecule has 97 valence electrons. The Hall–Kier alpha value is -0.0736. The molecule has 0 aliphatic heterocycles. The van der Waals surface area contributed by atoms with Gasteiger partial charge in [-0.1, -0.05) is 0 Å². The summed E-state index contributed by atoms with van der Waals surface area (Å²) >= 11 is 3.19. The fraction of sp³-hybridized carbons (Fsp3) is 0.714. The van der Waals surface area contributed by atoms with E-state index in [2.05, 4.69) is 61.8 Å². The first-order valence-corrected chi connectivity index (χ1v) is 10.9. The van der Waals surface area contributed by atoms with E-state index < -0.39 is 8.07 Å². The molecule has 0 N–H and O–H groups in total. The van der Waals surface area contributed by atoms with Crippen LogP contribution in [0.3, 0.4) is 0 Å². The molecule has 1 radical (unpaired) electrons. The molecule has 0 saturated carbocycles. The van der Waals surface area contributed by atoms with E-state index in [1.54, 1.807) is 0 Å². The number of nitrogens with zero attached hydrogens (tertiary/aromatic N) is 1. The van der Waals surface area contributed by atoms with Crippen LogP contribution in [-0.2, 0) is 0 Å². The standard InChI is InChI=1S/C14H26NSeSi/c1-7-10-11-15-14(16)13(17(4,5)6)12(8-2)9-3/h13H,2,7,9-11H2,1,3-6H3. The zero-order valence-corrected chi connectivity index (χ0v) is 14.7. The van der Waals surface area contributed by atoms with E-state index >= 15 is 0 Å². The zero-order valence-electron chi connectivity index (χ0n) is 12.0. The van der Waals surface area contributed by atoms with Gasteiger partial charge in [0.2, 0.25) is 0 Å². The normalized spacial score (nSPS) is 14.3. The summed E-state index contributed by atoms with van der Waals surface area (Å²) in [5.74, 6) is 0. The Morgan fingerprint density at radius 3 is 2.29 bits per heavy atom. The molecule has 0 aliphatic carbocycles. The van der Waals surface area contributed by atoms with Crippen LogP contribution in [0.2, 0.25) is 25.2 Å². The monoisotopic (exact) mass is 316 g/mol. The van der Waals surface area contributed by atoms with Crippen molar-refractivity contribution in [2.24, 2.45) is 4.99 Å². The van der Waals surface area contributed by atoms with Gasteiger partial charge in [-0.2, -0.15) is 0 Å². The van der Waals surface area contributed by atoms with E-state index in [1.807, 2.05) is 0 Å². The van der Waals surface area contributed by atoms with Crippen LogP contribution in [0.1, 0.15) is 33.1 Å². The molecule has 1 atom stereocenters. The van der Waals surface area contributed by atoms with Crippen molar-refractivity contribution in [3.8, 4) is 0 Å². The van der Waals surface area contributed by atoms with Crippen molar-refractivity contribution >= 4 is 28.7 Å². The molecular formula is C14H26NSeSi. The molecule has 0 bridgehead atoms. The van der Waals surface area contributed by atoms with Crippen LogP contribution in [0.25, 0.3) is 0 Å². The number of rotatable bonds is 7. The molecule has 0 aromatic heterocycles. The predicted octanol–water partition coefficient (Wildman–Crippen LogP) is 4.18. The molecule has 0 fully saturated rings. The molecule has 0 aromatic carbocycles. The Kier molecular flexibility index (Phi) is 8.07. The third kappa shape index (κ3) is 5.88. The van der Waals surface area contributed by atoms with E-state index in [9.17, 15) is 0 Å². The molecular weight excluding hydrogens is 289 g/mol. The second-order valence-corrected chi connectivity index (χ2v) is 11.6. The molecule has 1 unspecified atom stereocenters. The first-order chi connectivity index (χ1) is 7.88. The van der Waals surface area contributed by atoms with Gasteiger partial charge in [0.05, 0.1) is 0 Å². The van der Waals surface area contributed by atoms with Crippen LogP contribution in [0.15, 0.2) is 22.9 Å². The van der Waals surface area contributed by atoms with Gasteiger partial charge in [0.25, 0.3) is 0 Å². The molecule has 0 heterocycles. The first kappa shape index (κ1) is 16.9. The molecule has 0 saturated heterocycles. The summed E-state index contributed by atoms with van der Waals surface area (Å²) in [5, 5.41) is 0. The summed E-state index contributed by atoms with van der Waals surface area (Å²) in [7, 11) is -1.32. The number of allylic oxidation sites excluding steroid dienone is 1. The molecule has 0 aliphatic rings. The average molecular weight is 315 g/mol. The Morgan fingerprint density at radius 1 is 1.35 bits per heavy atom. The summed E-state index contributed by atoms with van der Waals surface area (Å²) in [6, 6.07) is 0. The first-order valence-electron chi connectivity index (χ1n) is 6.48. The Labute approximate surface area is 116 Å². The van der Waals surface area contributed by atoms with Gasteiger partial charge in [0.1, 0.15) is 0 Å². The van der Waals surface area contributed by atoms with Gasteiger partial charge in [-0.3, -0.25) is 0 Å². The second-order valence-electron chi connectivity index (χ2n) is 5.43. The molecule has 0 spiro atoms. The summed E-state index contributed by atoms with van der Waals surface area (Å²) in [4.78, 5) is 4.70. The van der Waals surface area contributed by atoms with Gasteiger partial charge in [-0.05, 0) is 0 Å². The van der Waals surface area contributed by atoms with Crippen molar-refractivity contribution < 1.29 is 0 Å². The van der Waals surface area contributed by atoms with Crippen molar-refractivity contribution in [3.63, 3.8) is 0 Å². The second kappa shape index (κ2) is 8.10. The number of hydrogen-bond acceptors (Lipinski definition) is 1. The molecule has 1 nitrogen and oxygen atoms in total. The fourth-order valence-electron chi connectivity index (χ4n) is 1.91. The Balaban J connectivity index is 5.07. The number of unbranched alkanes of at least 4 members (excludes halogenated alkanes) is 1. The summed E-state index contributed by atoms with van der Waals surface area (Å²) < 4.78 is 1.17. The van der Waals surface area contributed by atoms with Crippen molar-refractivity contribution in [2.75, 3.05) is 6.54 Å². The topological polar surface area (TPSA) is 12.4 Å². The maximum absolute atomic E-state index is 4.70. The van der Waals surface area contributed by atoms with Crippen molar-refractivity contribution in [1.29, 1.82) is 0 Å². The molecule has 3 heteroatoms. The molecule has 0 rings (SSSR count). The minimum absolute atomic E-state index is 0.460. The Bertz CT molecular complexity index is 309. The predicted molar refractivity (Wildman–Crippen MR) is 83.0 cm³/mol. The van der Waals surface area contributed by atoms with Crippen LogP contribution < -0.4 is 0 Å². The SMILES string of the molecule is C=C=C(CC)C(C([Se])=NCCCC)[Si](C)(C)C. The van der Waals surface area contributed by atoms with E-state index in [0.717, 1.165) is 13.0 Å². The minimum atomic E-state index is -1.32. The van der Waals surface area contributed by atoms with E-state index in [1.165, 1.54) is 23.0 Å². The van der Waals surface area contributed by atoms with Crippen molar-refractivity contribution in [2.45, 2.75) is 58.3 Å². The van der Waals surface area contributed by atoms with Crippen molar-refractivity contribution in [3.05, 3.63) is 17.9 Å². The van der Waals surface area contributed by atoms with Gasteiger partial charge >= 0.3 is 116 Å². The van der Waals surface area contributed by atoms with Gasteiger partial charge in [0.15, 0.2) is 0 Å². The summed E-state index contributed by atoms with van der Waals surface area (Å²) in [6.07, 6.45) is 3.39. The van der Waals surface area contributed by atoms with Crippen LogP contribution in [0.5, 0.6) is 0 Å². The third-order valence-corrected chi connectivity index (χ3v) is 6.44. The zero-order chi connectivity index (χ0) is 13.5. The number of hydrogen-bond donors (Lipinski definition) is 0. The molecule has 17 heavy (non-hydrogen) atoms. The van der Waals surface area contributed by atoms with Crippen LogP contribution in [-0.4, -0.2) is 35.2 Å². The van der Waals surface area contributed by atoms with Crippen LogP contribution in [0.4, 0.5) is 0 Å². The summed E-state index contributed by atoms with van der Waals surface area (Å²) in [6.45, 7) is 16.3. The van der Waals surface area contributed by atoms with Gasteiger partial charge in [-0.15, -0.1) is 0 Å². The van der Waals surface area contributed by atoms with Gasteiger partial charge in [-0.25, -0.2) is 0 Å². The van der Waals surface area contributed by atoms with Gasteiger partial charge < -0.3 is 0 Å². The quantitative estimate of drug-likeness (QED) is 0.289. The van der Waals surface area contributed by atoms with Crippen LogP contribution >= 0.6 is 0 Å². The third-order valence-electron chi connectivity index (χ3n) is 2.85. The van der Waals surface area contributed by atoms with E-state index in [-0.39, 0.29) is 0 Å².